The molecule has 0 atom stereocenters. The van der Waals surface area contributed by atoms with E-state index >= 15 is 0 Å². The van der Waals surface area contributed by atoms with Gasteiger partial charge >= 0.3 is 0 Å². The first-order chi connectivity index (χ1) is 12.1. The van der Waals surface area contributed by atoms with Crippen molar-refractivity contribution in [2.24, 2.45) is 0 Å². The Labute approximate surface area is 151 Å². The molecule has 1 saturated heterocycles. The summed E-state index contributed by atoms with van der Waals surface area (Å²) in [7, 11) is 0. The Hall–Kier alpha value is -2.60. The molecule has 0 saturated carbocycles. The first kappa shape index (κ1) is 17.2. The quantitative estimate of drug-likeness (QED) is 0.853. The van der Waals surface area contributed by atoms with Gasteiger partial charge in [0.1, 0.15) is 5.82 Å². The van der Waals surface area contributed by atoms with Gasteiger partial charge in [-0.1, -0.05) is 17.7 Å². The highest BCUT2D eigenvalue weighted by atomic mass is 35.5. The minimum Gasteiger partial charge on any atom is -0.342 e. The van der Waals surface area contributed by atoms with Crippen molar-refractivity contribution >= 4 is 35.4 Å². The number of nitrogens with one attached hydrogen (secondary N) is 1. The van der Waals surface area contributed by atoms with E-state index in [1.54, 1.807) is 28.1 Å². The molecule has 0 aliphatic carbocycles. The van der Waals surface area contributed by atoms with Gasteiger partial charge in [0.2, 0.25) is 6.41 Å². The third kappa shape index (κ3) is 4.09. The van der Waals surface area contributed by atoms with Crippen LogP contribution in [0.5, 0.6) is 0 Å². The van der Waals surface area contributed by atoms with Gasteiger partial charge in [-0.25, -0.2) is 4.98 Å². The van der Waals surface area contributed by atoms with Gasteiger partial charge in [0.25, 0.3) is 5.91 Å². The van der Waals surface area contributed by atoms with E-state index in [0.717, 1.165) is 17.7 Å². The van der Waals surface area contributed by atoms with Crippen LogP contribution in [0.1, 0.15) is 15.9 Å². The van der Waals surface area contributed by atoms with Gasteiger partial charge in [0, 0.05) is 43.1 Å². The maximum absolute atomic E-state index is 12.5. The number of benzene rings is 1. The fraction of sp³-hybridized carbons (Fsp3) is 0.278. The molecule has 2 amide bonds. The second-order valence-electron chi connectivity index (χ2n) is 5.95. The third-order valence-electron chi connectivity index (χ3n) is 4.22. The maximum atomic E-state index is 12.5. The van der Waals surface area contributed by atoms with E-state index in [2.05, 4.69) is 10.3 Å². The highest BCUT2D eigenvalue weighted by Crippen LogP contribution is 2.23. The Bertz CT molecular complexity index is 771. The van der Waals surface area contributed by atoms with Crippen molar-refractivity contribution in [1.82, 2.24) is 14.8 Å². The number of piperazine rings is 1. The van der Waals surface area contributed by atoms with Crippen LogP contribution in [-0.2, 0) is 4.79 Å². The smallest absolute Gasteiger partial charge is 0.255 e. The molecule has 0 radical (unpaired) electrons. The minimum atomic E-state index is -0.0662. The van der Waals surface area contributed by atoms with Crippen LogP contribution in [0.4, 0.5) is 11.5 Å². The van der Waals surface area contributed by atoms with Crippen LogP contribution in [-0.4, -0.2) is 53.3 Å². The highest BCUT2D eigenvalue weighted by molar-refractivity contribution is 6.30. The summed E-state index contributed by atoms with van der Waals surface area (Å²) >= 11 is 6.02. The summed E-state index contributed by atoms with van der Waals surface area (Å²) in [4.78, 5) is 31.0. The lowest BCUT2D eigenvalue weighted by atomic mass is 10.2. The molecule has 1 aliphatic rings. The summed E-state index contributed by atoms with van der Waals surface area (Å²) in [6.07, 6.45) is 2.39. The molecule has 1 N–H and O–H groups in total. The van der Waals surface area contributed by atoms with Crippen molar-refractivity contribution in [2.75, 3.05) is 31.5 Å². The van der Waals surface area contributed by atoms with E-state index in [-0.39, 0.29) is 5.91 Å². The lowest BCUT2D eigenvalue weighted by molar-refractivity contribution is -0.119. The summed E-state index contributed by atoms with van der Waals surface area (Å²) in [5.41, 5.74) is 2.47. The first-order valence-corrected chi connectivity index (χ1v) is 8.42. The maximum Gasteiger partial charge on any atom is 0.255 e. The molecule has 7 heteroatoms. The standard InChI is InChI=1S/C18H19ClN4O2/c1-13-2-4-15(19)10-16(13)21-17-5-3-14(11-20-17)18(25)23-8-6-22(12-24)7-9-23/h2-5,10-12H,6-9H2,1H3,(H,20,21). The van der Waals surface area contributed by atoms with Crippen molar-refractivity contribution in [3.05, 3.63) is 52.7 Å². The van der Waals surface area contributed by atoms with Crippen LogP contribution in [0.25, 0.3) is 0 Å². The van der Waals surface area contributed by atoms with Crippen molar-refractivity contribution in [3.63, 3.8) is 0 Å². The second kappa shape index (κ2) is 7.53. The van der Waals surface area contributed by atoms with Crippen LogP contribution >= 0.6 is 11.6 Å². The normalized spacial score (nSPS) is 14.3. The zero-order valence-corrected chi connectivity index (χ0v) is 14.7. The lowest BCUT2D eigenvalue weighted by Crippen LogP contribution is -2.48. The molecule has 1 aromatic carbocycles. The average molecular weight is 359 g/mol. The van der Waals surface area contributed by atoms with Crippen LogP contribution in [0.15, 0.2) is 36.5 Å². The van der Waals surface area contributed by atoms with Crippen molar-refractivity contribution < 1.29 is 9.59 Å². The van der Waals surface area contributed by atoms with Gasteiger partial charge in [-0.3, -0.25) is 9.59 Å². The number of nitrogens with zero attached hydrogens (tertiary/aromatic N) is 3. The van der Waals surface area contributed by atoms with Crippen molar-refractivity contribution in [2.45, 2.75) is 6.92 Å². The molecule has 0 bridgehead atoms. The zero-order chi connectivity index (χ0) is 17.8. The molecular formula is C18H19ClN4O2. The molecule has 6 nitrogen and oxygen atoms in total. The van der Waals surface area contributed by atoms with E-state index in [0.29, 0.717) is 42.6 Å². The van der Waals surface area contributed by atoms with Crippen molar-refractivity contribution in [1.29, 1.82) is 0 Å². The van der Waals surface area contributed by atoms with E-state index in [1.807, 2.05) is 25.1 Å². The number of aryl methyl sites for hydroxylation is 1. The number of hydrogen-bond donors (Lipinski definition) is 1. The number of carbonyl (C=O) groups excluding carboxylic acids is 2. The summed E-state index contributed by atoms with van der Waals surface area (Å²) in [6, 6.07) is 9.13. The van der Waals surface area contributed by atoms with E-state index in [1.165, 1.54) is 0 Å². The molecule has 0 spiro atoms. The number of halogens is 1. The molecule has 0 unspecified atom stereocenters. The van der Waals surface area contributed by atoms with Crippen LogP contribution in [0.2, 0.25) is 5.02 Å². The molecule has 1 fully saturated rings. The molecule has 25 heavy (non-hydrogen) atoms. The summed E-state index contributed by atoms with van der Waals surface area (Å²) in [5, 5.41) is 3.85. The summed E-state index contributed by atoms with van der Waals surface area (Å²) < 4.78 is 0. The van der Waals surface area contributed by atoms with Crippen molar-refractivity contribution in [3.8, 4) is 0 Å². The minimum absolute atomic E-state index is 0.0662. The SMILES string of the molecule is Cc1ccc(Cl)cc1Nc1ccc(C(=O)N2CCN(C=O)CC2)cn1. The number of aromatic nitrogens is 1. The Kier molecular flexibility index (Phi) is 5.19. The first-order valence-electron chi connectivity index (χ1n) is 8.04. The predicted octanol–water partition coefficient (Wildman–Crippen LogP) is 2.70. The monoisotopic (exact) mass is 358 g/mol. The summed E-state index contributed by atoms with van der Waals surface area (Å²) in [5.74, 6) is 0.580. The number of carbonyl (C=O) groups is 2. The Morgan fingerprint density at radius 1 is 1.20 bits per heavy atom. The fourth-order valence-corrected chi connectivity index (χ4v) is 2.85. The Morgan fingerprint density at radius 2 is 1.96 bits per heavy atom. The van der Waals surface area contributed by atoms with Gasteiger partial charge in [0.15, 0.2) is 0 Å². The molecular weight excluding hydrogens is 340 g/mol. The van der Waals surface area contributed by atoms with Gasteiger partial charge in [-0.2, -0.15) is 0 Å². The molecule has 2 aromatic rings. The van der Waals surface area contributed by atoms with Gasteiger partial charge in [-0.05, 0) is 36.8 Å². The number of rotatable bonds is 4. The molecule has 2 heterocycles. The predicted molar refractivity (Wildman–Crippen MR) is 97.2 cm³/mol. The topological polar surface area (TPSA) is 65.5 Å². The number of anilines is 2. The highest BCUT2D eigenvalue weighted by Gasteiger charge is 2.21. The average Bonchev–Trinajstić information content (AvgIpc) is 2.65. The Morgan fingerprint density at radius 3 is 2.60 bits per heavy atom. The lowest BCUT2D eigenvalue weighted by Gasteiger charge is -2.32. The molecule has 130 valence electrons. The third-order valence-corrected chi connectivity index (χ3v) is 4.46. The number of hydrogen-bond acceptors (Lipinski definition) is 4. The van der Waals surface area contributed by atoms with E-state index in [4.69, 9.17) is 11.6 Å². The van der Waals surface area contributed by atoms with Crippen LogP contribution in [0, 0.1) is 6.92 Å². The second-order valence-corrected chi connectivity index (χ2v) is 6.39. The van der Waals surface area contributed by atoms with Gasteiger partial charge in [0.05, 0.1) is 5.56 Å². The zero-order valence-electron chi connectivity index (χ0n) is 13.9. The molecule has 3 rings (SSSR count). The van der Waals surface area contributed by atoms with Gasteiger partial charge in [-0.15, -0.1) is 0 Å². The Balaban J connectivity index is 1.67. The molecule has 1 aromatic heterocycles. The largest absolute Gasteiger partial charge is 0.342 e. The van der Waals surface area contributed by atoms with Gasteiger partial charge < -0.3 is 15.1 Å². The molecule has 1 aliphatic heterocycles. The fourth-order valence-electron chi connectivity index (χ4n) is 2.67. The summed E-state index contributed by atoms with van der Waals surface area (Å²) in [6.45, 7) is 4.20. The number of amides is 2. The van der Waals surface area contributed by atoms with Crippen LogP contribution in [0.3, 0.4) is 0 Å². The van der Waals surface area contributed by atoms with E-state index < -0.39 is 0 Å². The van der Waals surface area contributed by atoms with Crippen LogP contribution < -0.4 is 5.32 Å². The number of pyridine rings is 1. The van der Waals surface area contributed by atoms with E-state index in [9.17, 15) is 9.59 Å².